The van der Waals surface area contributed by atoms with Gasteiger partial charge in [-0.25, -0.2) is 0 Å². The molecule has 0 heterocycles. The molecule has 0 aliphatic heterocycles. The minimum atomic E-state index is -6.00. The summed E-state index contributed by atoms with van der Waals surface area (Å²) in [6.45, 7) is 0. The first kappa shape index (κ1) is 23.4. The molecule has 0 saturated carbocycles. The summed E-state index contributed by atoms with van der Waals surface area (Å²) in [7, 11) is -12.0. The number of rotatable bonds is 0. The van der Waals surface area contributed by atoms with Gasteiger partial charge < -0.3 is 34.5 Å². The molecule has 0 aliphatic carbocycles. The van der Waals surface area contributed by atoms with E-state index >= 15 is 0 Å². The summed E-state index contributed by atoms with van der Waals surface area (Å²) in [6.07, 6.45) is 0. The molecule has 0 aromatic heterocycles. The first-order valence-corrected chi connectivity index (χ1v) is 1.75. The fourth-order valence-corrected chi connectivity index (χ4v) is 0. The molecule has 0 saturated heterocycles. The van der Waals surface area contributed by atoms with E-state index < -0.39 is 14.5 Å². The Balaban J connectivity index is -0.0000000457. The van der Waals surface area contributed by atoms with Gasteiger partial charge in [0.05, 0.1) is 0 Å². The van der Waals surface area contributed by atoms with Crippen LogP contribution in [0.1, 0.15) is 0 Å². The molecular formula is H3B2BeF8Rb-2. The van der Waals surface area contributed by atoms with Gasteiger partial charge >= 0.3 is 82.8 Å². The first-order chi connectivity index (χ1) is 4.00. The predicted octanol–water partition coefficient (Wildman–Crippen LogP) is 1.04. The van der Waals surface area contributed by atoms with Gasteiger partial charge in [-0.2, -0.15) is 0 Å². The van der Waals surface area contributed by atoms with E-state index in [1.54, 1.807) is 0 Å². The summed E-state index contributed by atoms with van der Waals surface area (Å²) in [5.41, 5.74) is 0. The van der Waals surface area contributed by atoms with Crippen LogP contribution in [0.2, 0.25) is 0 Å². The normalized spacial score (nSPS) is 10.0. The van der Waals surface area contributed by atoms with Crippen molar-refractivity contribution in [3.8, 4) is 0 Å². The average Bonchev–Trinajstić information content (AvgIpc) is 1.12. The van der Waals surface area contributed by atoms with Gasteiger partial charge in [-0.15, -0.1) is 0 Å². The second-order valence-corrected chi connectivity index (χ2v) is 0.990. The third-order valence-electron chi connectivity index (χ3n) is 0. The van der Waals surface area contributed by atoms with Gasteiger partial charge in [0.2, 0.25) is 0 Å². The van der Waals surface area contributed by atoms with Gasteiger partial charge in [-0.05, 0) is 0 Å². The van der Waals surface area contributed by atoms with E-state index in [1.807, 2.05) is 0 Å². The number of hydrogen-bond donors (Lipinski definition) is 0. The van der Waals surface area contributed by atoms with Crippen molar-refractivity contribution in [2.45, 2.75) is 0 Å². The molecule has 0 rings (SSSR count). The first-order valence-electron chi connectivity index (χ1n) is 1.75. The zero-order chi connectivity index (χ0) is 9.00. The molecule has 0 N–H and O–H groups in total. The molecule has 0 spiro atoms. The van der Waals surface area contributed by atoms with Crippen LogP contribution in [0.15, 0.2) is 0 Å². The second-order valence-electron chi connectivity index (χ2n) is 0.990. The number of halogens is 8. The van der Waals surface area contributed by atoms with Gasteiger partial charge in [-0.1, -0.05) is 0 Å². The number of hydrogen-bond acceptors (Lipinski definition) is 0. The quantitative estimate of drug-likeness (QED) is 0.456. The molecule has 70 valence electrons. The molecule has 0 atom stereocenters. The van der Waals surface area contributed by atoms with Crippen LogP contribution in [-0.2, 0) is 0 Å². The summed E-state index contributed by atoms with van der Waals surface area (Å²) in [5, 5.41) is 0. The molecular weight excluding hydrogens is 268 g/mol. The summed E-state index contributed by atoms with van der Waals surface area (Å²) in [4.78, 5) is 0. The van der Waals surface area contributed by atoms with E-state index in [9.17, 15) is 34.5 Å². The topological polar surface area (TPSA) is 0 Å². The Kier molecular flexibility index (Phi) is 17.8. The van der Waals surface area contributed by atoms with Crippen LogP contribution in [0.3, 0.4) is 0 Å². The molecule has 0 fully saturated rings. The Bertz CT molecular complexity index is 60.0. The summed E-state index contributed by atoms with van der Waals surface area (Å²) in [5.74, 6) is 0. The van der Waals surface area contributed by atoms with Crippen LogP contribution in [0.25, 0.3) is 0 Å². The average molecular weight is 271 g/mol. The molecule has 12 heavy (non-hydrogen) atoms. The summed E-state index contributed by atoms with van der Waals surface area (Å²) < 4.78 is 78.0. The Hall–Kier alpha value is 1.54. The molecule has 0 aliphatic rings. The van der Waals surface area contributed by atoms with Crippen molar-refractivity contribution in [3.63, 3.8) is 0 Å². The fraction of sp³-hybridized carbons (Fsp3) is 0. The van der Waals surface area contributed by atoms with Crippen LogP contribution in [0.5, 0.6) is 0 Å². The van der Waals surface area contributed by atoms with E-state index in [1.165, 1.54) is 0 Å². The molecule has 0 unspecified atom stereocenters. The standard InChI is InChI=1S/2BF4.Be.Rb.3H/c2*2-1(3,4)5;;;;;/q2*-1;;;;;. The Morgan fingerprint density at radius 2 is 0.500 bits per heavy atom. The predicted molar refractivity (Wildman–Crippen MR) is 36.1 cm³/mol. The maximum atomic E-state index is 9.75. The summed E-state index contributed by atoms with van der Waals surface area (Å²) in [6, 6.07) is 0. The van der Waals surface area contributed by atoms with Gasteiger partial charge in [0.25, 0.3) is 0 Å². The van der Waals surface area contributed by atoms with Gasteiger partial charge in [0.1, 0.15) is 0 Å². The van der Waals surface area contributed by atoms with Crippen LogP contribution in [0.4, 0.5) is 34.5 Å². The van der Waals surface area contributed by atoms with E-state index in [-0.39, 0.29) is 68.3 Å². The van der Waals surface area contributed by atoms with Crippen LogP contribution in [0, 0.1) is 0 Å². The molecule has 0 amide bonds. The second kappa shape index (κ2) is 9.11. The van der Waals surface area contributed by atoms with Crippen molar-refractivity contribution >= 4 is 82.8 Å². The molecule has 0 nitrogen and oxygen atoms in total. The van der Waals surface area contributed by atoms with E-state index in [2.05, 4.69) is 0 Å². The van der Waals surface area contributed by atoms with Crippen molar-refractivity contribution in [1.82, 2.24) is 0 Å². The third kappa shape index (κ3) is 538. The van der Waals surface area contributed by atoms with Crippen molar-refractivity contribution < 1.29 is 34.5 Å². The Morgan fingerprint density at radius 1 is 0.500 bits per heavy atom. The maximum absolute atomic E-state index is 9.75. The zero-order valence-electron chi connectivity index (χ0n) is 4.18. The van der Waals surface area contributed by atoms with Gasteiger partial charge in [0, 0.05) is 0 Å². The van der Waals surface area contributed by atoms with Crippen molar-refractivity contribution in [3.05, 3.63) is 0 Å². The van der Waals surface area contributed by atoms with Crippen molar-refractivity contribution in [2.75, 3.05) is 0 Å². The fourth-order valence-electron chi connectivity index (χ4n) is 0. The van der Waals surface area contributed by atoms with Crippen LogP contribution >= 0.6 is 0 Å². The van der Waals surface area contributed by atoms with Crippen LogP contribution in [-0.4, -0.2) is 82.8 Å². The Morgan fingerprint density at radius 3 is 0.500 bits per heavy atom. The molecule has 0 aromatic carbocycles. The third-order valence-corrected chi connectivity index (χ3v) is 0. The van der Waals surface area contributed by atoms with E-state index in [0.29, 0.717) is 0 Å². The summed E-state index contributed by atoms with van der Waals surface area (Å²) >= 11 is 0. The van der Waals surface area contributed by atoms with Crippen LogP contribution < -0.4 is 0 Å². The van der Waals surface area contributed by atoms with E-state index in [0.717, 1.165) is 0 Å². The zero-order valence-corrected chi connectivity index (χ0v) is 4.18. The molecule has 0 aromatic rings. The monoisotopic (exact) mass is 271 g/mol. The minimum absolute atomic E-state index is 0. The van der Waals surface area contributed by atoms with E-state index in [4.69, 9.17) is 0 Å². The van der Waals surface area contributed by atoms with Crippen molar-refractivity contribution in [2.24, 2.45) is 0 Å². The SMILES string of the molecule is F[B-](F)(F)F.F[B-](F)(F)F.[BeH2].[RbH]. The van der Waals surface area contributed by atoms with Crippen molar-refractivity contribution in [1.29, 1.82) is 0 Å². The molecule has 0 bridgehead atoms. The Labute approximate surface area is 116 Å². The van der Waals surface area contributed by atoms with Gasteiger partial charge in [0.15, 0.2) is 0 Å². The molecule has 12 heteroatoms. The van der Waals surface area contributed by atoms with Gasteiger partial charge in [-0.3, -0.25) is 0 Å². The molecule has 0 radical (unpaired) electrons.